The summed E-state index contributed by atoms with van der Waals surface area (Å²) in [5.74, 6) is 0.495. The molecule has 0 spiro atoms. The lowest BCUT2D eigenvalue weighted by atomic mass is 10.1. The van der Waals surface area contributed by atoms with Crippen molar-refractivity contribution in [2.24, 2.45) is 0 Å². The third-order valence-corrected chi connectivity index (χ3v) is 4.63. The van der Waals surface area contributed by atoms with Crippen LogP contribution in [0.4, 0.5) is 5.13 Å². The van der Waals surface area contributed by atoms with E-state index in [1.807, 2.05) is 0 Å². The van der Waals surface area contributed by atoms with E-state index in [1.165, 1.54) is 18.3 Å². The molecular formula is C17H21N3O3S. The van der Waals surface area contributed by atoms with Crippen LogP contribution in [0.1, 0.15) is 54.9 Å². The van der Waals surface area contributed by atoms with Crippen LogP contribution in [0.15, 0.2) is 24.3 Å². The second-order valence-corrected chi connectivity index (χ2v) is 6.39. The van der Waals surface area contributed by atoms with E-state index < -0.39 is 0 Å². The van der Waals surface area contributed by atoms with Crippen molar-refractivity contribution >= 4 is 28.2 Å². The van der Waals surface area contributed by atoms with Crippen LogP contribution in [0.5, 0.6) is 5.75 Å². The number of benzene rings is 1. The van der Waals surface area contributed by atoms with E-state index >= 15 is 0 Å². The monoisotopic (exact) mass is 347 g/mol. The summed E-state index contributed by atoms with van der Waals surface area (Å²) in [6, 6.07) is 6.74. The first-order chi connectivity index (χ1) is 11.5. The van der Waals surface area contributed by atoms with Gasteiger partial charge in [-0.1, -0.05) is 37.3 Å². The summed E-state index contributed by atoms with van der Waals surface area (Å²) in [7, 11) is 0. The van der Waals surface area contributed by atoms with Gasteiger partial charge in [-0.25, -0.2) is 0 Å². The number of rotatable bonds is 8. The third-order valence-electron chi connectivity index (χ3n) is 3.63. The van der Waals surface area contributed by atoms with Crippen molar-refractivity contribution in [2.75, 3.05) is 11.9 Å². The summed E-state index contributed by atoms with van der Waals surface area (Å²) in [5, 5.41) is 12.2. The van der Waals surface area contributed by atoms with E-state index in [0.717, 1.165) is 17.8 Å². The van der Waals surface area contributed by atoms with Crippen LogP contribution in [0.2, 0.25) is 0 Å². The highest BCUT2D eigenvalue weighted by molar-refractivity contribution is 7.15. The maximum atomic E-state index is 12.0. The van der Waals surface area contributed by atoms with Crippen LogP contribution in [0.3, 0.4) is 0 Å². The molecule has 7 heteroatoms. The fourth-order valence-corrected chi connectivity index (χ4v) is 3.22. The first-order valence-corrected chi connectivity index (χ1v) is 8.72. The Hall–Kier alpha value is -2.28. The molecule has 0 aliphatic carbocycles. The Morgan fingerprint density at radius 1 is 1.25 bits per heavy atom. The molecular weight excluding hydrogens is 326 g/mol. The molecule has 1 N–H and O–H groups in total. The van der Waals surface area contributed by atoms with Crippen LogP contribution in [-0.4, -0.2) is 28.5 Å². The van der Waals surface area contributed by atoms with Gasteiger partial charge < -0.3 is 4.74 Å². The molecule has 0 atom stereocenters. The van der Waals surface area contributed by atoms with Crippen molar-refractivity contribution in [1.82, 2.24) is 10.2 Å². The number of nitrogens with one attached hydrogen (secondary N) is 1. The predicted octanol–water partition coefficient (Wildman–Crippen LogP) is 3.66. The molecule has 1 aromatic heterocycles. The fourth-order valence-electron chi connectivity index (χ4n) is 2.20. The largest absolute Gasteiger partial charge is 0.484 e. The summed E-state index contributed by atoms with van der Waals surface area (Å²) >= 11 is 1.39. The zero-order valence-electron chi connectivity index (χ0n) is 14.0. The van der Waals surface area contributed by atoms with Gasteiger partial charge in [-0.2, -0.15) is 0 Å². The minimum atomic E-state index is -0.310. The summed E-state index contributed by atoms with van der Waals surface area (Å²) in [6.45, 7) is 5.55. The number of hydrogen-bond acceptors (Lipinski definition) is 6. The number of ether oxygens (including phenoxy) is 1. The molecule has 1 amide bonds. The zero-order valence-corrected chi connectivity index (χ0v) is 14.9. The van der Waals surface area contributed by atoms with E-state index in [-0.39, 0.29) is 18.3 Å². The Bertz CT molecular complexity index is 711. The lowest BCUT2D eigenvalue weighted by Crippen LogP contribution is -2.20. The highest BCUT2D eigenvalue weighted by atomic mass is 32.1. The number of amides is 1. The zero-order chi connectivity index (χ0) is 17.5. The van der Waals surface area contributed by atoms with Crippen molar-refractivity contribution in [3.05, 3.63) is 34.8 Å². The van der Waals surface area contributed by atoms with E-state index in [2.05, 4.69) is 29.4 Å². The molecule has 6 nitrogen and oxygen atoms in total. The van der Waals surface area contributed by atoms with Crippen molar-refractivity contribution < 1.29 is 14.3 Å². The number of ketones is 1. The Morgan fingerprint density at radius 2 is 2.00 bits per heavy atom. The van der Waals surface area contributed by atoms with Crippen LogP contribution < -0.4 is 10.1 Å². The maximum Gasteiger partial charge on any atom is 0.264 e. The van der Waals surface area contributed by atoms with Crippen LogP contribution in [-0.2, 0) is 4.79 Å². The quantitative estimate of drug-likeness (QED) is 0.737. The average Bonchev–Trinajstić information content (AvgIpc) is 3.02. The molecule has 24 heavy (non-hydrogen) atoms. The molecule has 0 fully saturated rings. The number of carbonyl (C=O) groups is 2. The molecule has 0 unspecified atom stereocenters. The molecule has 2 rings (SSSR count). The number of anilines is 1. The lowest BCUT2D eigenvalue weighted by molar-refractivity contribution is -0.118. The Morgan fingerprint density at radius 3 is 2.67 bits per heavy atom. The Labute approximate surface area is 145 Å². The molecule has 0 saturated carbocycles. The number of hydrogen-bond donors (Lipinski definition) is 1. The first kappa shape index (κ1) is 18.1. The van der Waals surface area contributed by atoms with Crippen molar-refractivity contribution in [3.8, 4) is 5.75 Å². The van der Waals surface area contributed by atoms with Gasteiger partial charge in [0.2, 0.25) is 5.13 Å². The number of aromatic nitrogens is 2. The molecule has 0 saturated heterocycles. The predicted molar refractivity (Wildman–Crippen MR) is 93.8 cm³/mol. The summed E-state index contributed by atoms with van der Waals surface area (Å²) in [5.41, 5.74) is 0.548. The van der Waals surface area contributed by atoms with Gasteiger partial charge in [-0.05, 0) is 31.9 Å². The van der Waals surface area contributed by atoms with Gasteiger partial charge in [0.1, 0.15) is 10.8 Å². The van der Waals surface area contributed by atoms with E-state index in [4.69, 9.17) is 4.74 Å². The normalized spacial score (nSPS) is 10.7. The van der Waals surface area contributed by atoms with Gasteiger partial charge >= 0.3 is 0 Å². The van der Waals surface area contributed by atoms with E-state index in [1.54, 1.807) is 24.3 Å². The topological polar surface area (TPSA) is 81.2 Å². The van der Waals surface area contributed by atoms with Crippen LogP contribution in [0.25, 0.3) is 0 Å². The van der Waals surface area contributed by atoms with Gasteiger partial charge in [0.05, 0.1) is 0 Å². The van der Waals surface area contributed by atoms with E-state index in [0.29, 0.717) is 22.4 Å². The van der Waals surface area contributed by atoms with Gasteiger partial charge in [-0.3, -0.25) is 14.9 Å². The summed E-state index contributed by atoms with van der Waals surface area (Å²) in [4.78, 5) is 23.3. The van der Waals surface area contributed by atoms with Gasteiger partial charge in [0.25, 0.3) is 5.91 Å². The molecule has 1 aromatic carbocycles. The number of carbonyl (C=O) groups excluding carboxylic acids is 2. The highest BCUT2D eigenvalue weighted by Crippen LogP contribution is 2.27. The highest BCUT2D eigenvalue weighted by Gasteiger charge is 2.14. The summed E-state index contributed by atoms with van der Waals surface area (Å²) < 4.78 is 5.42. The van der Waals surface area contributed by atoms with Crippen molar-refractivity contribution in [3.63, 3.8) is 0 Å². The SMILES string of the molecule is CCC(CC)c1nnc(NC(=O)COc2cccc(C(C)=O)c2)s1. The van der Waals surface area contributed by atoms with Crippen molar-refractivity contribution in [1.29, 1.82) is 0 Å². The fraction of sp³-hybridized carbons (Fsp3) is 0.412. The maximum absolute atomic E-state index is 12.0. The first-order valence-electron chi connectivity index (χ1n) is 7.90. The van der Waals surface area contributed by atoms with Gasteiger partial charge in [0.15, 0.2) is 12.4 Å². The second-order valence-electron chi connectivity index (χ2n) is 5.38. The molecule has 0 radical (unpaired) electrons. The number of nitrogens with zero attached hydrogens (tertiary/aromatic N) is 2. The lowest BCUT2D eigenvalue weighted by Gasteiger charge is -2.07. The van der Waals surface area contributed by atoms with Gasteiger partial charge in [-0.15, -0.1) is 10.2 Å². The second kappa shape index (κ2) is 8.54. The number of Topliss-reactive ketones (excluding diaryl/α,β-unsaturated/α-hetero) is 1. The minimum absolute atomic E-state index is 0.0484. The molecule has 0 aliphatic rings. The third kappa shape index (κ3) is 4.86. The van der Waals surface area contributed by atoms with E-state index in [9.17, 15) is 9.59 Å². The smallest absolute Gasteiger partial charge is 0.264 e. The molecule has 128 valence electrons. The molecule has 2 aromatic rings. The molecule has 1 heterocycles. The van der Waals surface area contributed by atoms with Crippen LogP contribution >= 0.6 is 11.3 Å². The standard InChI is InChI=1S/C17H21N3O3S/c1-4-12(5-2)16-19-20-17(24-16)18-15(22)10-23-14-8-6-7-13(9-14)11(3)21/h6-9,12H,4-5,10H2,1-3H3,(H,18,20,22). The summed E-state index contributed by atoms with van der Waals surface area (Å²) in [6.07, 6.45) is 1.99. The van der Waals surface area contributed by atoms with Crippen LogP contribution in [0, 0.1) is 0 Å². The average molecular weight is 347 g/mol. The van der Waals surface area contributed by atoms with Crippen molar-refractivity contribution in [2.45, 2.75) is 39.5 Å². The minimum Gasteiger partial charge on any atom is -0.484 e. The molecule has 0 aliphatic heterocycles. The Balaban J connectivity index is 1.90. The molecule has 0 bridgehead atoms. The Kier molecular flexibility index (Phi) is 6.43. The van der Waals surface area contributed by atoms with Gasteiger partial charge in [0, 0.05) is 11.5 Å².